The van der Waals surface area contributed by atoms with Crippen molar-refractivity contribution in [2.24, 2.45) is 0 Å². The van der Waals surface area contributed by atoms with Gasteiger partial charge in [-0.05, 0) is 24.6 Å². The van der Waals surface area contributed by atoms with Gasteiger partial charge >= 0.3 is 0 Å². The summed E-state index contributed by atoms with van der Waals surface area (Å²) in [5, 5.41) is 11.7. The fourth-order valence-electron chi connectivity index (χ4n) is 2.39. The maximum atomic E-state index is 12.9. The third-order valence-electron chi connectivity index (χ3n) is 3.45. The Hall–Kier alpha value is -1.07. The van der Waals surface area contributed by atoms with Gasteiger partial charge in [-0.15, -0.1) is 10.2 Å². The Morgan fingerprint density at radius 3 is 2.57 bits per heavy atom. The van der Waals surface area contributed by atoms with E-state index in [1.165, 1.54) is 35.2 Å². The van der Waals surface area contributed by atoms with Crippen LogP contribution in [0.5, 0.6) is 0 Å². The summed E-state index contributed by atoms with van der Waals surface area (Å²) in [4.78, 5) is 12.9. The Labute approximate surface area is 182 Å². The highest BCUT2D eigenvalue weighted by molar-refractivity contribution is 8.01. The lowest BCUT2D eigenvalue weighted by Gasteiger charge is -2.30. The second-order valence-corrected chi connectivity index (χ2v) is 11.6. The van der Waals surface area contributed by atoms with Gasteiger partial charge in [0.15, 0.2) is 4.34 Å². The number of thioether (sulfide) groups is 1. The Balaban J connectivity index is 2.34. The van der Waals surface area contributed by atoms with Gasteiger partial charge in [0.2, 0.25) is 21.1 Å². The molecule has 0 aliphatic heterocycles. The van der Waals surface area contributed by atoms with Gasteiger partial charge in [0.1, 0.15) is 6.04 Å². The topological polar surface area (TPSA) is 92.3 Å². The van der Waals surface area contributed by atoms with Crippen molar-refractivity contribution in [3.8, 4) is 0 Å². The van der Waals surface area contributed by atoms with Gasteiger partial charge in [-0.2, -0.15) is 0 Å². The van der Waals surface area contributed by atoms with Crippen LogP contribution in [0.4, 0.5) is 10.8 Å². The van der Waals surface area contributed by atoms with Gasteiger partial charge in [0.05, 0.1) is 17.0 Å². The molecule has 12 heteroatoms. The summed E-state index contributed by atoms with van der Waals surface area (Å²) in [6, 6.07) is 3.42. The molecule has 0 saturated heterocycles. The van der Waals surface area contributed by atoms with Crippen molar-refractivity contribution in [3.05, 3.63) is 28.2 Å². The van der Waals surface area contributed by atoms with Crippen molar-refractivity contribution < 1.29 is 13.2 Å². The molecule has 1 heterocycles. The van der Waals surface area contributed by atoms with E-state index in [4.69, 9.17) is 23.2 Å². The van der Waals surface area contributed by atoms with Crippen molar-refractivity contribution in [2.45, 2.75) is 42.8 Å². The summed E-state index contributed by atoms with van der Waals surface area (Å²) in [5.74, 6) is -0.527. The number of anilines is 2. The largest absolute Gasteiger partial charge is 0.299 e. The number of benzene rings is 1. The molecule has 0 spiro atoms. The van der Waals surface area contributed by atoms with Gasteiger partial charge < -0.3 is 0 Å². The molecule has 1 atom stereocenters. The molecule has 1 aromatic carbocycles. The summed E-state index contributed by atoms with van der Waals surface area (Å²) in [7, 11) is -3.82. The molecule has 0 aliphatic rings. The third kappa shape index (κ3) is 5.96. The molecule has 2 rings (SSSR count). The maximum Gasteiger partial charge on any atom is 0.250 e. The standard InChI is InChI=1S/C16H20Cl2N4O3S3/c1-5-12(14(23)19-15-20-21-16(27-15)26-9(2)3)22(28(4,24)25)13-8-10(17)6-7-11(13)18/h6-9,12H,5H2,1-4H3,(H,19,20,23)/t12-/m1/s1. The summed E-state index contributed by atoms with van der Waals surface area (Å²) >= 11 is 15.0. The number of carbonyl (C=O) groups excluding carboxylic acids is 1. The van der Waals surface area contributed by atoms with Crippen molar-refractivity contribution in [1.29, 1.82) is 0 Å². The average Bonchev–Trinajstić information content (AvgIpc) is 2.99. The molecule has 0 fully saturated rings. The first-order valence-corrected chi connectivity index (χ1v) is 12.6. The smallest absolute Gasteiger partial charge is 0.250 e. The molecule has 1 amide bonds. The van der Waals surface area contributed by atoms with Crippen LogP contribution in [-0.2, 0) is 14.8 Å². The van der Waals surface area contributed by atoms with Crippen LogP contribution in [0.2, 0.25) is 10.0 Å². The minimum Gasteiger partial charge on any atom is -0.299 e. The molecule has 28 heavy (non-hydrogen) atoms. The van der Waals surface area contributed by atoms with Crippen molar-refractivity contribution in [3.63, 3.8) is 0 Å². The maximum absolute atomic E-state index is 12.9. The van der Waals surface area contributed by atoms with Gasteiger partial charge in [0, 0.05) is 10.3 Å². The number of halogens is 2. The number of rotatable bonds is 8. The van der Waals surface area contributed by atoms with E-state index in [0.29, 0.717) is 15.4 Å². The number of hydrogen-bond donors (Lipinski definition) is 1. The predicted molar refractivity (Wildman–Crippen MR) is 117 cm³/mol. The zero-order valence-corrected chi connectivity index (χ0v) is 19.6. The van der Waals surface area contributed by atoms with Crippen LogP contribution in [0.25, 0.3) is 0 Å². The van der Waals surface area contributed by atoms with Gasteiger partial charge in [-0.3, -0.25) is 14.4 Å². The normalized spacial score (nSPS) is 12.8. The third-order valence-corrected chi connectivity index (χ3v) is 7.10. The molecule has 2 aromatic rings. The summed E-state index contributed by atoms with van der Waals surface area (Å²) < 4.78 is 26.7. The zero-order valence-electron chi connectivity index (χ0n) is 15.6. The van der Waals surface area contributed by atoms with Crippen LogP contribution in [0.3, 0.4) is 0 Å². The zero-order chi connectivity index (χ0) is 21.1. The van der Waals surface area contributed by atoms with Crippen LogP contribution < -0.4 is 9.62 Å². The number of carbonyl (C=O) groups is 1. The molecule has 0 radical (unpaired) electrons. The molecular formula is C16H20Cl2N4O3S3. The Kier molecular flexibility index (Phi) is 7.97. The van der Waals surface area contributed by atoms with E-state index in [1.54, 1.807) is 13.0 Å². The minimum atomic E-state index is -3.82. The van der Waals surface area contributed by atoms with Crippen molar-refractivity contribution >= 4 is 73.0 Å². The molecule has 7 nitrogen and oxygen atoms in total. The molecule has 0 unspecified atom stereocenters. The molecule has 1 aromatic heterocycles. The Bertz CT molecular complexity index is 950. The number of sulfonamides is 1. The van der Waals surface area contributed by atoms with E-state index < -0.39 is 22.0 Å². The van der Waals surface area contributed by atoms with Crippen LogP contribution in [0.1, 0.15) is 27.2 Å². The molecule has 0 bridgehead atoms. The molecule has 1 N–H and O–H groups in total. The van der Waals surface area contributed by atoms with E-state index >= 15 is 0 Å². The molecule has 154 valence electrons. The van der Waals surface area contributed by atoms with Gasteiger partial charge in [-0.25, -0.2) is 8.42 Å². The lowest BCUT2D eigenvalue weighted by Crippen LogP contribution is -2.47. The van der Waals surface area contributed by atoms with Gasteiger partial charge in [-0.1, -0.05) is 67.1 Å². The van der Waals surface area contributed by atoms with Crippen molar-refractivity contribution in [2.75, 3.05) is 15.9 Å². The van der Waals surface area contributed by atoms with E-state index in [-0.39, 0.29) is 17.1 Å². The highest BCUT2D eigenvalue weighted by Gasteiger charge is 2.33. The highest BCUT2D eigenvalue weighted by atomic mass is 35.5. The summed E-state index contributed by atoms with van der Waals surface area (Å²) in [6.45, 7) is 5.76. The lowest BCUT2D eigenvalue weighted by atomic mass is 10.2. The Morgan fingerprint density at radius 1 is 1.32 bits per heavy atom. The second-order valence-electron chi connectivity index (χ2n) is 6.11. The van der Waals surface area contributed by atoms with E-state index in [2.05, 4.69) is 15.5 Å². The monoisotopic (exact) mass is 482 g/mol. The first-order valence-electron chi connectivity index (χ1n) is 8.28. The highest BCUT2D eigenvalue weighted by Crippen LogP contribution is 2.34. The number of aromatic nitrogens is 2. The predicted octanol–water partition coefficient (Wildman–Crippen LogP) is 4.53. The molecule has 0 saturated carbocycles. The molecular weight excluding hydrogens is 463 g/mol. The second kappa shape index (κ2) is 9.62. The minimum absolute atomic E-state index is 0.145. The number of hydrogen-bond acceptors (Lipinski definition) is 7. The van der Waals surface area contributed by atoms with Crippen LogP contribution in [0, 0.1) is 0 Å². The van der Waals surface area contributed by atoms with E-state index in [1.807, 2.05) is 13.8 Å². The van der Waals surface area contributed by atoms with Crippen LogP contribution in [0.15, 0.2) is 22.5 Å². The number of amides is 1. The lowest BCUT2D eigenvalue weighted by molar-refractivity contribution is -0.117. The number of nitrogens with one attached hydrogen (secondary N) is 1. The van der Waals surface area contributed by atoms with Crippen LogP contribution in [-0.4, -0.2) is 42.1 Å². The van der Waals surface area contributed by atoms with Crippen LogP contribution >= 0.6 is 46.3 Å². The first-order chi connectivity index (χ1) is 13.0. The first kappa shape index (κ1) is 23.2. The summed E-state index contributed by atoms with van der Waals surface area (Å²) in [6.07, 6.45) is 1.23. The van der Waals surface area contributed by atoms with Gasteiger partial charge in [0.25, 0.3) is 0 Å². The molecule has 0 aliphatic carbocycles. The SMILES string of the molecule is CC[C@H](C(=O)Nc1nnc(SC(C)C)s1)N(c1cc(Cl)ccc1Cl)S(C)(=O)=O. The quantitative estimate of drug-likeness (QED) is 0.438. The summed E-state index contributed by atoms with van der Waals surface area (Å²) in [5.41, 5.74) is 0.145. The fraction of sp³-hybridized carbons (Fsp3) is 0.438. The number of nitrogens with zero attached hydrogens (tertiary/aromatic N) is 3. The van der Waals surface area contributed by atoms with Crippen molar-refractivity contribution in [1.82, 2.24) is 10.2 Å². The van der Waals surface area contributed by atoms with E-state index in [0.717, 1.165) is 14.9 Å². The fourth-order valence-corrected chi connectivity index (χ4v) is 6.01. The average molecular weight is 483 g/mol. The van der Waals surface area contributed by atoms with E-state index in [9.17, 15) is 13.2 Å². The Morgan fingerprint density at radius 2 is 2.00 bits per heavy atom.